The zero-order valence-electron chi connectivity index (χ0n) is 9.03. The van der Waals surface area contributed by atoms with E-state index in [0.717, 1.165) is 6.42 Å². The van der Waals surface area contributed by atoms with E-state index < -0.39 is 0 Å². The first-order valence-electron chi connectivity index (χ1n) is 4.87. The number of nitrogens with one attached hydrogen (secondary N) is 1. The third-order valence-corrected chi connectivity index (χ3v) is 3.09. The van der Waals surface area contributed by atoms with Crippen molar-refractivity contribution in [3.63, 3.8) is 0 Å². The zero-order valence-corrected chi connectivity index (χ0v) is 9.84. The van der Waals surface area contributed by atoms with Gasteiger partial charge in [0.15, 0.2) is 5.84 Å². The van der Waals surface area contributed by atoms with Crippen LogP contribution in [0.5, 0.6) is 0 Å². The molecule has 0 radical (unpaired) electrons. The normalized spacial score (nSPS) is 14.1. The van der Waals surface area contributed by atoms with Gasteiger partial charge in [0.2, 0.25) is 0 Å². The lowest BCUT2D eigenvalue weighted by atomic mass is 10.2. The van der Waals surface area contributed by atoms with E-state index >= 15 is 0 Å². The summed E-state index contributed by atoms with van der Waals surface area (Å²) < 4.78 is 0. The standard InChI is InChI=1S/C10H17N3OS/c1-7(12-6-10(11)13-14)5-9-4-3-8(2)15-9/h3-4,7,12,14H,5-6H2,1-2H3,(H2,11,13). The maximum Gasteiger partial charge on any atom is 0.153 e. The van der Waals surface area contributed by atoms with Gasteiger partial charge in [-0.1, -0.05) is 5.16 Å². The minimum Gasteiger partial charge on any atom is -0.409 e. The Bertz CT molecular complexity index is 335. The smallest absolute Gasteiger partial charge is 0.153 e. The van der Waals surface area contributed by atoms with Crippen molar-refractivity contribution in [2.45, 2.75) is 26.3 Å². The van der Waals surface area contributed by atoms with Crippen molar-refractivity contribution in [1.82, 2.24) is 5.32 Å². The Hall–Kier alpha value is -1.07. The van der Waals surface area contributed by atoms with Crippen LogP contribution >= 0.6 is 11.3 Å². The minimum atomic E-state index is 0.212. The first-order chi connectivity index (χ1) is 7.11. The molecule has 0 saturated carbocycles. The van der Waals surface area contributed by atoms with Crippen LogP contribution in [0.2, 0.25) is 0 Å². The molecule has 1 rings (SSSR count). The van der Waals surface area contributed by atoms with Gasteiger partial charge in [-0.3, -0.25) is 0 Å². The molecule has 0 aliphatic rings. The first kappa shape index (κ1) is 12.0. The van der Waals surface area contributed by atoms with E-state index in [1.165, 1.54) is 9.75 Å². The fraction of sp³-hybridized carbons (Fsp3) is 0.500. The van der Waals surface area contributed by atoms with E-state index in [1.807, 2.05) is 0 Å². The molecule has 0 bridgehead atoms. The van der Waals surface area contributed by atoms with E-state index in [4.69, 9.17) is 10.9 Å². The van der Waals surface area contributed by atoms with Crippen LogP contribution in [0.25, 0.3) is 0 Å². The Balaban J connectivity index is 2.33. The molecule has 15 heavy (non-hydrogen) atoms. The van der Waals surface area contributed by atoms with Crippen LogP contribution < -0.4 is 11.1 Å². The number of amidine groups is 1. The maximum atomic E-state index is 8.37. The number of hydrogen-bond acceptors (Lipinski definition) is 4. The van der Waals surface area contributed by atoms with E-state index in [0.29, 0.717) is 12.6 Å². The number of hydrogen-bond donors (Lipinski definition) is 3. The first-order valence-corrected chi connectivity index (χ1v) is 5.68. The van der Waals surface area contributed by atoms with E-state index in [-0.39, 0.29) is 5.84 Å². The second-order valence-corrected chi connectivity index (χ2v) is 4.96. The second-order valence-electron chi connectivity index (χ2n) is 3.59. The zero-order chi connectivity index (χ0) is 11.3. The highest BCUT2D eigenvalue weighted by atomic mass is 32.1. The Labute approximate surface area is 93.8 Å². The molecule has 0 amide bonds. The molecule has 1 heterocycles. The molecular formula is C10H17N3OS. The van der Waals surface area contributed by atoms with Gasteiger partial charge >= 0.3 is 0 Å². The van der Waals surface area contributed by atoms with Crippen LogP contribution in [0.4, 0.5) is 0 Å². The number of oxime groups is 1. The number of aryl methyl sites for hydroxylation is 1. The summed E-state index contributed by atoms with van der Waals surface area (Å²) in [6, 6.07) is 4.58. The van der Waals surface area contributed by atoms with Crippen LogP contribution in [-0.4, -0.2) is 23.6 Å². The quantitative estimate of drug-likeness (QED) is 0.307. The van der Waals surface area contributed by atoms with Crippen LogP contribution in [0.3, 0.4) is 0 Å². The monoisotopic (exact) mass is 227 g/mol. The number of rotatable bonds is 5. The molecule has 4 N–H and O–H groups in total. The van der Waals surface area contributed by atoms with Gasteiger partial charge in [-0.25, -0.2) is 0 Å². The van der Waals surface area contributed by atoms with Gasteiger partial charge in [-0.2, -0.15) is 0 Å². The van der Waals surface area contributed by atoms with Gasteiger partial charge in [0.05, 0.1) is 6.54 Å². The summed E-state index contributed by atoms with van der Waals surface area (Å²) in [6.07, 6.45) is 0.969. The lowest BCUT2D eigenvalue weighted by Gasteiger charge is -2.11. The topological polar surface area (TPSA) is 70.6 Å². The highest BCUT2D eigenvalue weighted by Crippen LogP contribution is 2.16. The summed E-state index contributed by atoms with van der Waals surface area (Å²) in [5, 5.41) is 14.5. The molecule has 1 aromatic heterocycles. The van der Waals surface area contributed by atoms with Crippen LogP contribution in [0.1, 0.15) is 16.7 Å². The summed E-state index contributed by atoms with van der Waals surface area (Å²) in [5.74, 6) is 0.212. The van der Waals surface area contributed by atoms with Gasteiger partial charge in [-0.15, -0.1) is 11.3 Å². The van der Waals surface area contributed by atoms with Crippen LogP contribution in [0, 0.1) is 6.92 Å². The second kappa shape index (κ2) is 5.72. The summed E-state index contributed by atoms with van der Waals surface area (Å²) in [6.45, 7) is 4.60. The molecule has 5 heteroatoms. The van der Waals surface area contributed by atoms with Gasteiger partial charge in [0.1, 0.15) is 0 Å². The molecule has 0 aliphatic carbocycles. The predicted molar refractivity (Wildman–Crippen MR) is 63.6 cm³/mol. The Kier molecular flexibility index (Phi) is 4.58. The fourth-order valence-electron chi connectivity index (χ4n) is 1.28. The molecule has 0 fully saturated rings. The van der Waals surface area contributed by atoms with Crippen LogP contribution in [0.15, 0.2) is 17.3 Å². The molecule has 0 spiro atoms. The molecule has 0 saturated heterocycles. The van der Waals surface area contributed by atoms with Gasteiger partial charge < -0.3 is 16.3 Å². The maximum absolute atomic E-state index is 8.37. The molecule has 84 valence electrons. The van der Waals surface area contributed by atoms with Crippen molar-refractivity contribution >= 4 is 17.2 Å². The average Bonchev–Trinajstić information content (AvgIpc) is 2.60. The van der Waals surface area contributed by atoms with Crippen molar-refractivity contribution < 1.29 is 5.21 Å². The minimum absolute atomic E-state index is 0.212. The highest BCUT2D eigenvalue weighted by Gasteiger charge is 2.05. The van der Waals surface area contributed by atoms with E-state index in [1.54, 1.807) is 11.3 Å². The predicted octanol–water partition coefficient (Wildman–Crippen LogP) is 1.32. The molecule has 0 aromatic carbocycles. The number of thiophene rings is 1. The molecular weight excluding hydrogens is 210 g/mol. The van der Waals surface area contributed by atoms with Gasteiger partial charge in [-0.05, 0) is 32.4 Å². The number of nitrogens with zero attached hydrogens (tertiary/aromatic N) is 1. The molecule has 1 atom stereocenters. The summed E-state index contributed by atoms with van der Waals surface area (Å²) in [5.41, 5.74) is 5.36. The van der Waals surface area contributed by atoms with E-state index in [9.17, 15) is 0 Å². The average molecular weight is 227 g/mol. The summed E-state index contributed by atoms with van der Waals surface area (Å²) >= 11 is 1.81. The molecule has 1 unspecified atom stereocenters. The van der Waals surface area contributed by atoms with Crippen molar-refractivity contribution in [1.29, 1.82) is 0 Å². The van der Waals surface area contributed by atoms with Crippen molar-refractivity contribution in [3.05, 3.63) is 21.9 Å². The lowest BCUT2D eigenvalue weighted by molar-refractivity contribution is 0.316. The van der Waals surface area contributed by atoms with Crippen molar-refractivity contribution in [2.24, 2.45) is 10.9 Å². The van der Waals surface area contributed by atoms with Gasteiger partial charge in [0, 0.05) is 15.8 Å². The lowest BCUT2D eigenvalue weighted by Crippen LogP contribution is -2.36. The highest BCUT2D eigenvalue weighted by molar-refractivity contribution is 7.11. The van der Waals surface area contributed by atoms with Crippen molar-refractivity contribution in [3.8, 4) is 0 Å². The van der Waals surface area contributed by atoms with Crippen molar-refractivity contribution in [2.75, 3.05) is 6.54 Å². The summed E-state index contributed by atoms with van der Waals surface area (Å²) in [7, 11) is 0. The fourth-order valence-corrected chi connectivity index (χ4v) is 2.30. The van der Waals surface area contributed by atoms with E-state index in [2.05, 4.69) is 36.5 Å². The number of nitrogens with two attached hydrogens (primary N) is 1. The third-order valence-electron chi connectivity index (χ3n) is 2.06. The SMILES string of the molecule is Cc1ccc(CC(C)NCC(N)=NO)s1. The summed E-state index contributed by atoms with van der Waals surface area (Å²) in [4.78, 5) is 2.68. The molecule has 1 aromatic rings. The molecule has 4 nitrogen and oxygen atoms in total. The van der Waals surface area contributed by atoms with Gasteiger partial charge in [0.25, 0.3) is 0 Å². The molecule has 0 aliphatic heterocycles. The Morgan fingerprint density at radius 1 is 1.67 bits per heavy atom. The van der Waals surface area contributed by atoms with Crippen LogP contribution in [-0.2, 0) is 6.42 Å². The Morgan fingerprint density at radius 2 is 2.40 bits per heavy atom. The third kappa shape index (κ3) is 4.31. The largest absolute Gasteiger partial charge is 0.409 e. The Morgan fingerprint density at radius 3 is 2.93 bits per heavy atom.